The predicted octanol–water partition coefficient (Wildman–Crippen LogP) is 2.44. The van der Waals surface area contributed by atoms with Crippen LogP contribution in [0.5, 0.6) is 0 Å². The lowest BCUT2D eigenvalue weighted by Gasteiger charge is -2.26. The minimum absolute atomic E-state index is 0.197. The van der Waals surface area contributed by atoms with Gasteiger partial charge in [-0.2, -0.15) is 0 Å². The van der Waals surface area contributed by atoms with E-state index in [1.165, 1.54) is 18.2 Å². The first-order chi connectivity index (χ1) is 13.5. The number of barbiturate groups is 1. The summed E-state index contributed by atoms with van der Waals surface area (Å²) in [6.45, 7) is 2.61. The van der Waals surface area contributed by atoms with E-state index in [-0.39, 0.29) is 5.57 Å². The van der Waals surface area contributed by atoms with Crippen molar-refractivity contribution in [2.24, 2.45) is 0 Å². The monoisotopic (exact) mass is 401 g/mol. The molecule has 0 bridgehead atoms. The Hall–Kier alpha value is -3.10. The molecule has 144 valence electrons. The summed E-state index contributed by atoms with van der Waals surface area (Å²) < 4.78 is 11.1. The number of nitrogens with zero attached hydrogens (tertiary/aromatic N) is 2. The van der Waals surface area contributed by atoms with Gasteiger partial charge in [0.05, 0.1) is 18.9 Å². The predicted molar refractivity (Wildman–Crippen MR) is 102 cm³/mol. The largest absolute Gasteiger partial charge is 0.441 e. The molecule has 1 aromatic heterocycles. The first-order valence-electron chi connectivity index (χ1n) is 8.62. The lowest BCUT2D eigenvalue weighted by atomic mass is 10.1. The molecule has 8 nitrogen and oxygen atoms in total. The number of ether oxygens (including phenoxy) is 1. The van der Waals surface area contributed by atoms with Crippen molar-refractivity contribution >= 4 is 47.1 Å². The molecule has 0 saturated carbocycles. The first-order valence-corrected chi connectivity index (χ1v) is 9.00. The molecule has 2 aliphatic heterocycles. The molecule has 0 aliphatic carbocycles. The Kier molecular flexibility index (Phi) is 4.89. The van der Waals surface area contributed by atoms with E-state index in [0.29, 0.717) is 48.7 Å². The van der Waals surface area contributed by atoms with Gasteiger partial charge < -0.3 is 14.1 Å². The van der Waals surface area contributed by atoms with Crippen molar-refractivity contribution in [1.82, 2.24) is 5.32 Å². The summed E-state index contributed by atoms with van der Waals surface area (Å²) in [6, 6.07) is 8.78. The molecule has 28 heavy (non-hydrogen) atoms. The quantitative estimate of drug-likeness (QED) is 0.627. The zero-order valence-corrected chi connectivity index (χ0v) is 15.4. The van der Waals surface area contributed by atoms with Crippen molar-refractivity contribution in [3.8, 4) is 0 Å². The molecule has 0 unspecified atom stereocenters. The van der Waals surface area contributed by atoms with Gasteiger partial charge in [-0.3, -0.25) is 14.9 Å². The van der Waals surface area contributed by atoms with Gasteiger partial charge in [0.15, 0.2) is 5.88 Å². The summed E-state index contributed by atoms with van der Waals surface area (Å²) in [5.41, 5.74) is 0.108. The minimum atomic E-state index is -0.817. The summed E-state index contributed by atoms with van der Waals surface area (Å²) in [5.74, 6) is -0.542. The van der Waals surface area contributed by atoms with Crippen molar-refractivity contribution in [2.75, 3.05) is 36.1 Å². The van der Waals surface area contributed by atoms with E-state index in [2.05, 4.69) is 5.32 Å². The lowest BCUT2D eigenvalue weighted by molar-refractivity contribution is -0.122. The van der Waals surface area contributed by atoms with Crippen molar-refractivity contribution in [3.63, 3.8) is 0 Å². The number of halogens is 1. The Balaban J connectivity index is 1.61. The van der Waals surface area contributed by atoms with Gasteiger partial charge in [-0.05, 0) is 36.4 Å². The molecule has 2 aliphatic rings. The summed E-state index contributed by atoms with van der Waals surface area (Å²) in [4.78, 5) is 40.1. The van der Waals surface area contributed by atoms with E-state index in [0.717, 1.165) is 4.90 Å². The van der Waals surface area contributed by atoms with Crippen LogP contribution in [0.2, 0.25) is 5.02 Å². The molecule has 4 amide bonds. The molecular weight excluding hydrogens is 386 g/mol. The highest BCUT2D eigenvalue weighted by atomic mass is 35.5. The fraction of sp³-hybridized carbons (Fsp3) is 0.211. The van der Waals surface area contributed by atoms with Crippen LogP contribution in [0, 0.1) is 0 Å². The number of imide groups is 2. The molecule has 2 saturated heterocycles. The zero-order chi connectivity index (χ0) is 19.7. The highest BCUT2D eigenvalue weighted by Gasteiger charge is 2.37. The van der Waals surface area contributed by atoms with Crippen molar-refractivity contribution in [1.29, 1.82) is 0 Å². The lowest BCUT2D eigenvalue weighted by Crippen LogP contribution is -2.54. The number of hydrogen-bond acceptors (Lipinski definition) is 6. The minimum Gasteiger partial charge on any atom is -0.441 e. The van der Waals surface area contributed by atoms with Gasteiger partial charge in [-0.1, -0.05) is 11.6 Å². The van der Waals surface area contributed by atoms with Gasteiger partial charge in [0, 0.05) is 24.2 Å². The average molecular weight is 402 g/mol. The number of carbonyl (C=O) groups excluding carboxylic acids is 3. The standard InChI is InChI=1S/C19H16ClN3O5/c20-12-1-3-13(4-2-12)23-18(25)15(17(24)21-19(23)26)11-14-5-6-16(28-14)22-7-9-27-10-8-22/h1-6,11H,7-10H2,(H,21,24,26)/b15-11-. The molecular formula is C19H16ClN3O5. The third-order valence-corrected chi connectivity index (χ3v) is 4.66. The van der Waals surface area contributed by atoms with Crippen LogP contribution in [0.15, 0.2) is 46.4 Å². The van der Waals surface area contributed by atoms with E-state index in [1.54, 1.807) is 24.3 Å². The molecule has 0 radical (unpaired) electrons. The molecule has 1 aromatic carbocycles. The summed E-state index contributed by atoms with van der Waals surface area (Å²) >= 11 is 5.86. The van der Waals surface area contributed by atoms with Crippen LogP contribution in [0.1, 0.15) is 5.76 Å². The van der Waals surface area contributed by atoms with Crippen LogP contribution in [-0.2, 0) is 14.3 Å². The maximum atomic E-state index is 12.8. The van der Waals surface area contributed by atoms with Crippen molar-refractivity contribution in [3.05, 3.63) is 52.8 Å². The van der Waals surface area contributed by atoms with Crippen LogP contribution in [-0.4, -0.2) is 44.1 Å². The normalized spacial score (nSPS) is 19.3. The van der Waals surface area contributed by atoms with Crippen LogP contribution in [0.4, 0.5) is 16.4 Å². The third-order valence-electron chi connectivity index (χ3n) is 4.41. The Morgan fingerprint density at radius 1 is 1.00 bits per heavy atom. The number of carbonyl (C=O) groups is 3. The Labute approximate surface area is 165 Å². The number of rotatable bonds is 3. The Bertz CT molecular complexity index is 960. The number of furan rings is 1. The Morgan fingerprint density at radius 2 is 1.71 bits per heavy atom. The number of anilines is 2. The molecule has 0 spiro atoms. The van der Waals surface area contributed by atoms with Crippen LogP contribution in [0.25, 0.3) is 6.08 Å². The maximum Gasteiger partial charge on any atom is 0.335 e. The van der Waals surface area contributed by atoms with E-state index in [4.69, 9.17) is 20.8 Å². The molecule has 9 heteroatoms. The second-order valence-corrected chi connectivity index (χ2v) is 6.65. The molecule has 1 N–H and O–H groups in total. The summed E-state index contributed by atoms with van der Waals surface area (Å²) in [7, 11) is 0. The zero-order valence-electron chi connectivity index (χ0n) is 14.7. The second-order valence-electron chi connectivity index (χ2n) is 6.21. The highest BCUT2D eigenvalue weighted by Crippen LogP contribution is 2.25. The van der Waals surface area contributed by atoms with Gasteiger partial charge >= 0.3 is 6.03 Å². The van der Waals surface area contributed by atoms with Crippen LogP contribution >= 0.6 is 11.6 Å². The van der Waals surface area contributed by atoms with Crippen LogP contribution in [0.3, 0.4) is 0 Å². The fourth-order valence-electron chi connectivity index (χ4n) is 3.00. The van der Waals surface area contributed by atoms with E-state index in [1.807, 2.05) is 4.90 Å². The SMILES string of the molecule is O=C1NC(=O)N(c2ccc(Cl)cc2)C(=O)/C1=C\c1ccc(N2CCOCC2)o1. The molecule has 2 aromatic rings. The van der Waals surface area contributed by atoms with Crippen LogP contribution < -0.4 is 15.1 Å². The number of amides is 4. The van der Waals surface area contributed by atoms with Gasteiger partial charge in [-0.25, -0.2) is 9.69 Å². The third kappa shape index (κ3) is 3.51. The van der Waals surface area contributed by atoms with Gasteiger partial charge in [0.25, 0.3) is 11.8 Å². The second kappa shape index (κ2) is 7.49. The van der Waals surface area contributed by atoms with Crippen molar-refractivity contribution in [2.45, 2.75) is 0 Å². The Morgan fingerprint density at radius 3 is 2.43 bits per heavy atom. The number of hydrogen-bond donors (Lipinski definition) is 1. The topological polar surface area (TPSA) is 92.1 Å². The number of nitrogens with one attached hydrogen (secondary N) is 1. The smallest absolute Gasteiger partial charge is 0.335 e. The molecule has 3 heterocycles. The van der Waals surface area contributed by atoms with Gasteiger partial charge in [0.2, 0.25) is 0 Å². The average Bonchev–Trinajstić information content (AvgIpc) is 3.16. The van der Waals surface area contributed by atoms with E-state index in [9.17, 15) is 14.4 Å². The molecule has 4 rings (SSSR count). The van der Waals surface area contributed by atoms with E-state index < -0.39 is 17.8 Å². The van der Waals surface area contributed by atoms with Crippen molar-refractivity contribution < 1.29 is 23.5 Å². The number of urea groups is 1. The molecule has 0 atom stereocenters. The molecule has 2 fully saturated rings. The number of benzene rings is 1. The van der Waals surface area contributed by atoms with Gasteiger partial charge in [0.1, 0.15) is 11.3 Å². The van der Waals surface area contributed by atoms with E-state index >= 15 is 0 Å². The summed E-state index contributed by atoms with van der Waals surface area (Å²) in [5, 5.41) is 2.64. The fourth-order valence-corrected chi connectivity index (χ4v) is 3.12. The summed E-state index contributed by atoms with van der Waals surface area (Å²) in [6.07, 6.45) is 1.33. The van der Waals surface area contributed by atoms with Gasteiger partial charge in [-0.15, -0.1) is 0 Å². The number of morpholine rings is 1. The maximum absolute atomic E-state index is 12.8. The first kappa shape index (κ1) is 18.3. The highest BCUT2D eigenvalue weighted by molar-refractivity contribution is 6.39.